The Kier molecular flexibility index (Phi) is 15.8. The predicted octanol–water partition coefficient (Wildman–Crippen LogP) is 5.18. The summed E-state index contributed by atoms with van der Waals surface area (Å²) in [5.41, 5.74) is 1.33. The molecule has 1 aliphatic carbocycles. The van der Waals surface area contributed by atoms with Crippen LogP contribution in [0.4, 0.5) is 0 Å². The second kappa shape index (κ2) is 19.1. The summed E-state index contributed by atoms with van der Waals surface area (Å²) in [5, 5.41) is 30.2. The molecule has 0 saturated heterocycles. The smallest absolute Gasteiger partial charge is 0.294 e. The van der Waals surface area contributed by atoms with Crippen molar-refractivity contribution in [3.63, 3.8) is 0 Å². The third-order valence-electron chi connectivity index (χ3n) is 7.59. The van der Waals surface area contributed by atoms with Gasteiger partial charge >= 0.3 is 0 Å². The highest BCUT2D eigenvalue weighted by Gasteiger charge is 2.33. The summed E-state index contributed by atoms with van der Waals surface area (Å²) in [6, 6.07) is 10.4. The van der Waals surface area contributed by atoms with E-state index in [9.17, 15) is 29.9 Å². The molecule has 1 fully saturated rings. The molecule has 222 valence electrons. The van der Waals surface area contributed by atoms with Crippen LogP contribution in [0.15, 0.2) is 54.6 Å². The molecule has 9 heteroatoms. The zero-order valence-electron chi connectivity index (χ0n) is 23.7. The van der Waals surface area contributed by atoms with Gasteiger partial charge in [-0.25, -0.2) is 0 Å². The van der Waals surface area contributed by atoms with E-state index in [-0.39, 0.29) is 43.9 Å². The molecular weight excluding hydrogens is 512 g/mol. The molecule has 0 spiro atoms. The van der Waals surface area contributed by atoms with Crippen LogP contribution in [0.25, 0.3) is 0 Å². The Morgan fingerprint density at radius 3 is 2.50 bits per heavy atom. The number of allylic oxidation sites excluding steroid dienone is 4. The Labute approximate surface area is 238 Å². The molecular formula is C31H46N2O7. The first-order valence-corrected chi connectivity index (χ1v) is 14.6. The summed E-state index contributed by atoms with van der Waals surface area (Å²) in [5.74, 6) is -0.0699. The van der Waals surface area contributed by atoms with E-state index >= 15 is 0 Å². The minimum atomic E-state index is -1.47. The van der Waals surface area contributed by atoms with E-state index in [2.05, 4.69) is 41.3 Å². The number of Topliss-reactive ketones (excluding diaryl/α,β-unsaturated/α-hetero) is 1. The molecule has 4 atom stereocenters. The van der Waals surface area contributed by atoms with E-state index in [1.807, 2.05) is 18.2 Å². The summed E-state index contributed by atoms with van der Waals surface area (Å²) in [7, 11) is 0. The van der Waals surface area contributed by atoms with E-state index in [1.165, 1.54) is 10.5 Å². The average Bonchev–Trinajstić information content (AvgIpc) is 3.29. The monoisotopic (exact) mass is 558 g/mol. The third-order valence-corrected chi connectivity index (χ3v) is 7.59. The Balaban J connectivity index is 1.67. The van der Waals surface area contributed by atoms with Crippen molar-refractivity contribution < 1.29 is 29.7 Å². The Morgan fingerprint density at radius 1 is 1.05 bits per heavy atom. The van der Waals surface area contributed by atoms with Crippen molar-refractivity contribution in [2.45, 2.75) is 96.3 Å². The molecule has 1 aromatic rings. The van der Waals surface area contributed by atoms with Gasteiger partial charge in [0.2, 0.25) is 5.91 Å². The molecule has 1 amide bonds. The van der Waals surface area contributed by atoms with Crippen LogP contribution in [-0.2, 0) is 20.8 Å². The molecule has 0 heterocycles. The number of aryl methyl sites for hydroxylation is 1. The number of carbonyl (C=O) groups excluding carboxylic acids is 2. The Bertz CT molecular complexity index is 950. The molecule has 0 radical (unpaired) electrons. The summed E-state index contributed by atoms with van der Waals surface area (Å²) in [6.07, 6.45) is 14.5. The standard InChI is InChI=1S/C31H46N2O7/c1-2-32(30(36)21-13-6-14-24-40-33(38)39)31(37)29(35)20-12-5-11-19-27-26(22-23-28(27)34)18-10-4-9-17-25-15-7-3-8-16-25/h3-5,7-8,10-11,15-16,26-28,31,34,37H,2,6,9,12-14,17-24H2,1H3/b10-4+,11-5?/t26-,27+,28-,31?/m0/s1. The number of hydrogen-bond acceptors (Lipinski definition) is 7. The van der Waals surface area contributed by atoms with Crippen LogP contribution in [0.5, 0.6) is 0 Å². The van der Waals surface area contributed by atoms with E-state index in [0.29, 0.717) is 31.6 Å². The van der Waals surface area contributed by atoms with E-state index < -0.39 is 17.1 Å². The maximum absolute atomic E-state index is 12.5. The number of aliphatic hydroxyl groups excluding tert-OH is 2. The first-order valence-electron chi connectivity index (χ1n) is 14.6. The van der Waals surface area contributed by atoms with Gasteiger partial charge in [-0.1, -0.05) is 61.1 Å². The number of ketones is 1. The van der Waals surface area contributed by atoms with Crippen LogP contribution in [-0.4, -0.2) is 57.4 Å². The van der Waals surface area contributed by atoms with Gasteiger partial charge in [-0.3, -0.25) is 9.59 Å². The number of rotatable bonds is 20. The molecule has 1 aliphatic rings. The largest absolute Gasteiger partial charge is 0.393 e. The van der Waals surface area contributed by atoms with E-state index in [1.54, 1.807) is 6.92 Å². The van der Waals surface area contributed by atoms with Crippen LogP contribution in [0.2, 0.25) is 0 Å². The van der Waals surface area contributed by atoms with Crippen molar-refractivity contribution in [3.8, 4) is 0 Å². The zero-order chi connectivity index (χ0) is 29.2. The number of unbranched alkanes of at least 4 members (excludes halogenated alkanes) is 2. The van der Waals surface area contributed by atoms with Crippen LogP contribution in [0.1, 0.15) is 83.1 Å². The fourth-order valence-electron chi connectivity index (χ4n) is 5.28. The first kappa shape index (κ1) is 33.2. The van der Waals surface area contributed by atoms with Gasteiger partial charge in [0.15, 0.2) is 12.0 Å². The summed E-state index contributed by atoms with van der Waals surface area (Å²) in [4.78, 5) is 40.5. The molecule has 0 aliphatic heterocycles. The number of aliphatic hydroxyl groups is 2. The normalized spacial score (nSPS) is 19.7. The van der Waals surface area contributed by atoms with Gasteiger partial charge in [0, 0.05) is 19.4 Å². The minimum absolute atomic E-state index is 0.0140. The first-order chi connectivity index (χ1) is 19.3. The van der Waals surface area contributed by atoms with Crippen LogP contribution >= 0.6 is 0 Å². The molecule has 9 nitrogen and oxygen atoms in total. The molecule has 40 heavy (non-hydrogen) atoms. The zero-order valence-corrected chi connectivity index (χ0v) is 23.7. The highest BCUT2D eigenvalue weighted by molar-refractivity contribution is 5.87. The predicted molar refractivity (Wildman–Crippen MR) is 154 cm³/mol. The fourth-order valence-corrected chi connectivity index (χ4v) is 5.28. The molecule has 0 bridgehead atoms. The summed E-state index contributed by atoms with van der Waals surface area (Å²) < 4.78 is 0. The van der Waals surface area contributed by atoms with Gasteiger partial charge in [-0.05, 0) is 82.1 Å². The lowest BCUT2D eigenvalue weighted by atomic mass is 9.88. The maximum atomic E-state index is 12.5. The lowest BCUT2D eigenvalue weighted by Crippen LogP contribution is -2.44. The van der Waals surface area contributed by atoms with Crippen LogP contribution < -0.4 is 0 Å². The minimum Gasteiger partial charge on any atom is -0.393 e. The van der Waals surface area contributed by atoms with Crippen molar-refractivity contribution in [1.29, 1.82) is 0 Å². The number of amides is 1. The van der Waals surface area contributed by atoms with E-state index in [4.69, 9.17) is 0 Å². The number of likely N-dealkylation sites (N-methyl/N-ethyl adjacent to an activating group) is 1. The number of carbonyl (C=O) groups is 2. The number of nitrogens with zero attached hydrogens (tertiary/aromatic N) is 2. The molecule has 2 rings (SSSR count). The van der Waals surface area contributed by atoms with Gasteiger partial charge in [-0.15, -0.1) is 10.1 Å². The second-order valence-electron chi connectivity index (χ2n) is 10.4. The molecule has 2 N–H and O–H groups in total. The second-order valence-corrected chi connectivity index (χ2v) is 10.4. The van der Waals surface area contributed by atoms with Gasteiger partial charge < -0.3 is 20.0 Å². The highest BCUT2D eigenvalue weighted by atomic mass is 16.9. The number of hydrogen-bond donors (Lipinski definition) is 2. The van der Waals surface area contributed by atoms with Crippen molar-refractivity contribution >= 4 is 11.7 Å². The summed E-state index contributed by atoms with van der Waals surface area (Å²) in [6.45, 7) is 1.91. The molecule has 1 saturated carbocycles. The van der Waals surface area contributed by atoms with E-state index in [0.717, 1.165) is 38.5 Å². The van der Waals surface area contributed by atoms with Gasteiger partial charge in [0.25, 0.3) is 5.09 Å². The average molecular weight is 559 g/mol. The van der Waals surface area contributed by atoms with Crippen molar-refractivity contribution in [2.75, 3.05) is 13.2 Å². The molecule has 0 aromatic heterocycles. The van der Waals surface area contributed by atoms with Gasteiger partial charge in [0.1, 0.15) is 0 Å². The number of benzene rings is 1. The quantitative estimate of drug-likeness (QED) is 0.0741. The molecule has 1 aromatic carbocycles. The lowest BCUT2D eigenvalue weighted by molar-refractivity contribution is -0.757. The van der Waals surface area contributed by atoms with Crippen LogP contribution in [0, 0.1) is 22.0 Å². The Morgan fingerprint density at radius 2 is 1.77 bits per heavy atom. The summed E-state index contributed by atoms with van der Waals surface area (Å²) >= 11 is 0. The fraction of sp³-hybridized carbons (Fsp3) is 0.613. The molecule has 1 unspecified atom stereocenters. The topological polar surface area (TPSA) is 130 Å². The SMILES string of the molecule is CCN(C(=O)CCCCCO[N+](=O)[O-])C(O)C(=O)CCC=CC[C@@H]1[C@@H](C/C=C/CCc2ccccc2)CC[C@@H]1O. The lowest BCUT2D eigenvalue weighted by Gasteiger charge is -2.25. The Hall–Kier alpha value is -3.04. The van der Waals surface area contributed by atoms with Crippen LogP contribution in [0.3, 0.4) is 0 Å². The van der Waals surface area contributed by atoms with Crippen molar-refractivity contribution in [2.24, 2.45) is 11.8 Å². The van der Waals surface area contributed by atoms with Crippen molar-refractivity contribution in [1.82, 2.24) is 4.90 Å². The van der Waals surface area contributed by atoms with Crippen molar-refractivity contribution in [3.05, 3.63) is 70.3 Å². The maximum Gasteiger partial charge on any atom is 0.294 e. The highest BCUT2D eigenvalue weighted by Crippen LogP contribution is 2.37. The van der Waals surface area contributed by atoms with Gasteiger partial charge in [-0.2, -0.15) is 0 Å². The third kappa shape index (κ3) is 12.4. The van der Waals surface area contributed by atoms with Gasteiger partial charge in [0.05, 0.1) is 12.7 Å².